The second-order valence-corrected chi connectivity index (χ2v) is 7.11. The molecular formula is C16H22N2O. The van der Waals surface area contributed by atoms with Crippen LogP contribution in [0.4, 0.5) is 0 Å². The number of fused-ring (bicyclic) bond motifs is 3. The first-order valence-electron chi connectivity index (χ1n) is 7.67. The highest BCUT2D eigenvalue weighted by Crippen LogP contribution is 2.57. The molecule has 2 bridgehead atoms. The lowest BCUT2D eigenvalue weighted by Crippen LogP contribution is -2.45. The fourth-order valence-corrected chi connectivity index (χ4v) is 4.34. The monoisotopic (exact) mass is 258 g/mol. The molecule has 1 aromatic heterocycles. The maximum Gasteiger partial charge on any atom is 0.126 e. The number of hydrogen-bond donors (Lipinski definition) is 0. The summed E-state index contributed by atoms with van der Waals surface area (Å²) in [4.78, 5) is 11.3. The van der Waals surface area contributed by atoms with Gasteiger partial charge in [0.25, 0.3) is 0 Å². The standard InChI is InChI=1S/C16H22N2O/c1-18-14(10-13(17-18)12-2-3-12)16-7-4-15(11-19,5-8-16)6-9-16/h10-12H,2-9H2,1H3. The molecule has 1 aromatic rings. The summed E-state index contributed by atoms with van der Waals surface area (Å²) in [7, 11) is 2.10. The summed E-state index contributed by atoms with van der Waals surface area (Å²) in [6.07, 6.45) is 10.7. The summed E-state index contributed by atoms with van der Waals surface area (Å²) in [5.41, 5.74) is 3.09. The Balaban J connectivity index is 1.67. The van der Waals surface area contributed by atoms with E-state index in [9.17, 15) is 4.79 Å². The van der Waals surface area contributed by atoms with Crippen LogP contribution in [-0.2, 0) is 17.3 Å². The Morgan fingerprint density at radius 1 is 1.21 bits per heavy atom. The van der Waals surface area contributed by atoms with Crippen molar-refractivity contribution in [2.45, 2.75) is 62.7 Å². The highest BCUT2D eigenvalue weighted by molar-refractivity contribution is 5.60. The maximum absolute atomic E-state index is 11.3. The van der Waals surface area contributed by atoms with Gasteiger partial charge in [-0.1, -0.05) is 0 Å². The van der Waals surface area contributed by atoms with Crippen molar-refractivity contribution < 1.29 is 4.79 Å². The van der Waals surface area contributed by atoms with Crippen LogP contribution in [0.3, 0.4) is 0 Å². The predicted octanol–water partition coefficient (Wildman–Crippen LogP) is 3.09. The fraction of sp³-hybridized carbons (Fsp3) is 0.750. The fourth-order valence-electron chi connectivity index (χ4n) is 4.34. The van der Waals surface area contributed by atoms with Gasteiger partial charge < -0.3 is 4.79 Å². The first-order valence-corrected chi connectivity index (χ1v) is 7.67. The molecule has 4 aliphatic rings. The van der Waals surface area contributed by atoms with E-state index in [1.165, 1.54) is 49.8 Å². The molecule has 3 nitrogen and oxygen atoms in total. The van der Waals surface area contributed by atoms with Crippen LogP contribution >= 0.6 is 0 Å². The molecule has 4 aliphatic carbocycles. The first kappa shape index (κ1) is 11.7. The summed E-state index contributed by atoms with van der Waals surface area (Å²) < 4.78 is 2.13. The van der Waals surface area contributed by atoms with Gasteiger partial charge in [0.05, 0.1) is 5.69 Å². The summed E-state index contributed by atoms with van der Waals surface area (Å²) in [5, 5.41) is 4.74. The van der Waals surface area contributed by atoms with Crippen LogP contribution in [0.2, 0.25) is 0 Å². The van der Waals surface area contributed by atoms with Crippen molar-refractivity contribution in [3.05, 3.63) is 17.5 Å². The van der Waals surface area contributed by atoms with Gasteiger partial charge >= 0.3 is 0 Å². The number of nitrogens with zero attached hydrogens (tertiary/aromatic N) is 2. The molecule has 0 spiro atoms. The molecule has 102 valence electrons. The summed E-state index contributed by atoms with van der Waals surface area (Å²) in [5.74, 6) is 0.734. The lowest BCUT2D eigenvalue weighted by Gasteiger charge is -2.51. The summed E-state index contributed by atoms with van der Waals surface area (Å²) in [6, 6.07) is 2.37. The molecule has 4 saturated carbocycles. The van der Waals surface area contributed by atoms with Crippen LogP contribution in [0.25, 0.3) is 0 Å². The Morgan fingerprint density at radius 2 is 1.84 bits per heavy atom. The second-order valence-electron chi connectivity index (χ2n) is 7.11. The average Bonchev–Trinajstić information content (AvgIpc) is 3.24. The van der Waals surface area contributed by atoms with E-state index in [-0.39, 0.29) is 5.41 Å². The quantitative estimate of drug-likeness (QED) is 0.781. The zero-order valence-corrected chi connectivity index (χ0v) is 11.7. The highest BCUT2D eigenvalue weighted by atomic mass is 16.1. The Labute approximate surface area is 114 Å². The molecule has 0 aliphatic heterocycles. The predicted molar refractivity (Wildman–Crippen MR) is 73.1 cm³/mol. The minimum absolute atomic E-state index is 0.0274. The van der Waals surface area contributed by atoms with Gasteiger partial charge in [-0.05, 0) is 57.4 Å². The van der Waals surface area contributed by atoms with E-state index in [0.29, 0.717) is 5.41 Å². The largest absolute Gasteiger partial charge is 0.303 e. The van der Waals surface area contributed by atoms with Crippen LogP contribution in [0.5, 0.6) is 0 Å². The maximum atomic E-state index is 11.3. The number of carbonyl (C=O) groups excluding carboxylic acids is 1. The Kier molecular flexibility index (Phi) is 2.28. The van der Waals surface area contributed by atoms with Crippen molar-refractivity contribution in [3.63, 3.8) is 0 Å². The van der Waals surface area contributed by atoms with E-state index in [0.717, 1.165) is 25.2 Å². The first-order chi connectivity index (χ1) is 9.16. The molecule has 1 heterocycles. The molecule has 0 radical (unpaired) electrons. The normalized spacial score (nSPS) is 37.5. The van der Waals surface area contributed by atoms with Crippen LogP contribution in [0.1, 0.15) is 68.7 Å². The molecule has 4 fully saturated rings. The van der Waals surface area contributed by atoms with E-state index < -0.39 is 0 Å². The summed E-state index contributed by atoms with van der Waals surface area (Å²) in [6.45, 7) is 0. The number of aldehydes is 1. The lowest BCUT2D eigenvalue weighted by molar-refractivity contribution is -0.122. The molecule has 0 saturated heterocycles. The minimum atomic E-state index is 0.0274. The smallest absolute Gasteiger partial charge is 0.126 e. The molecule has 3 heteroatoms. The van der Waals surface area contributed by atoms with Crippen LogP contribution < -0.4 is 0 Å². The van der Waals surface area contributed by atoms with Crippen LogP contribution in [-0.4, -0.2) is 16.1 Å². The van der Waals surface area contributed by atoms with Gasteiger partial charge in [0.1, 0.15) is 6.29 Å². The molecule has 0 N–H and O–H groups in total. The third-order valence-corrected chi connectivity index (χ3v) is 5.99. The van der Waals surface area contributed by atoms with Gasteiger partial charge in [-0.3, -0.25) is 4.68 Å². The van der Waals surface area contributed by atoms with Gasteiger partial charge in [0, 0.05) is 29.5 Å². The SMILES string of the molecule is Cn1nc(C2CC2)cc1C12CCC(C=O)(CC1)CC2. The third-order valence-electron chi connectivity index (χ3n) is 5.99. The van der Waals surface area contributed by atoms with Gasteiger partial charge in [0.2, 0.25) is 0 Å². The van der Waals surface area contributed by atoms with E-state index >= 15 is 0 Å². The van der Waals surface area contributed by atoms with E-state index in [1.807, 2.05) is 0 Å². The Hall–Kier alpha value is -1.12. The van der Waals surface area contributed by atoms with Crippen molar-refractivity contribution in [2.24, 2.45) is 12.5 Å². The van der Waals surface area contributed by atoms with Gasteiger partial charge in [0.15, 0.2) is 0 Å². The molecular weight excluding hydrogens is 236 g/mol. The average molecular weight is 258 g/mol. The topological polar surface area (TPSA) is 34.9 Å². The number of aryl methyl sites for hydroxylation is 1. The molecule has 0 atom stereocenters. The molecule has 5 rings (SSSR count). The number of hydrogen-bond acceptors (Lipinski definition) is 2. The molecule has 0 amide bonds. The highest BCUT2D eigenvalue weighted by Gasteiger charge is 2.50. The van der Waals surface area contributed by atoms with Crippen molar-refractivity contribution >= 4 is 6.29 Å². The van der Waals surface area contributed by atoms with E-state index in [2.05, 4.69) is 17.8 Å². The summed E-state index contributed by atoms with van der Waals surface area (Å²) >= 11 is 0. The molecule has 0 aromatic carbocycles. The Morgan fingerprint density at radius 3 is 2.37 bits per heavy atom. The van der Waals surface area contributed by atoms with Crippen molar-refractivity contribution in [3.8, 4) is 0 Å². The van der Waals surface area contributed by atoms with Crippen LogP contribution in [0, 0.1) is 5.41 Å². The van der Waals surface area contributed by atoms with Gasteiger partial charge in [-0.2, -0.15) is 5.10 Å². The van der Waals surface area contributed by atoms with Gasteiger partial charge in [-0.15, -0.1) is 0 Å². The minimum Gasteiger partial charge on any atom is -0.303 e. The number of carbonyl (C=O) groups is 1. The van der Waals surface area contributed by atoms with Crippen molar-refractivity contribution in [1.82, 2.24) is 9.78 Å². The van der Waals surface area contributed by atoms with Crippen molar-refractivity contribution in [2.75, 3.05) is 0 Å². The van der Waals surface area contributed by atoms with Gasteiger partial charge in [-0.25, -0.2) is 0 Å². The zero-order valence-electron chi connectivity index (χ0n) is 11.7. The van der Waals surface area contributed by atoms with Crippen molar-refractivity contribution in [1.29, 1.82) is 0 Å². The second kappa shape index (κ2) is 3.71. The van der Waals surface area contributed by atoms with Crippen LogP contribution in [0.15, 0.2) is 6.07 Å². The van der Waals surface area contributed by atoms with E-state index in [4.69, 9.17) is 5.10 Å². The number of aromatic nitrogens is 2. The Bertz CT molecular complexity index is 502. The molecule has 19 heavy (non-hydrogen) atoms. The molecule has 0 unspecified atom stereocenters. The number of rotatable bonds is 3. The van der Waals surface area contributed by atoms with E-state index in [1.54, 1.807) is 0 Å². The third kappa shape index (κ3) is 1.63. The lowest BCUT2D eigenvalue weighted by atomic mass is 9.53. The zero-order chi connectivity index (χ0) is 13.1.